The lowest BCUT2D eigenvalue weighted by Crippen LogP contribution is -2.05. The number of hydrogen-bond donors (Lipinski definition) is 0. The van der Waals surface area contributed by atoms with Gasteiger partial charge in [0.15, 0.2) is 0 Å². The first-order chi connectivity index (χ1) is 3.89. The van der Waals surface area contributed by atoms with Gasteiger partial charge in [-0.05, 0) is 30.5 Å². The molecule has 0 amide bonds. The van der Waals surface area contributed by atoms with Crippen molar-refractivity contribution in [2.75, 3.05) is 13.7 Å². The molecule has 0 radical (unpaired) electrons. The SMILES string of the molecule is CN1CN=CC=CS1. The van der Waals surface area contributed by atoms with Crippen LogP contribution in [0.5, 0.6) is 0 Å². The highest BCUT2D eigenvalue weighted by Gasteiger charge is 1.92. The van der Waals surface area contributed by atoms with E-state index in [0.717, 1.165) is 6.67 Å². The summed E-state index contributed by atoms with van der Waals surface area (Å²) in [5.41, 5.74) is 0. The molecule has 3 heteroatoms. The Hall–Kier alpha value is -0.280. The van der Waals surface area contributed by atoms with Gasteiger partial charge in [-0.1, -0.05) is 0 Å². The summed E-state index contributed by atoms with van der Waals surface area (Å²) >= 11 is 1.67. The number of nitrogens with zero attached hydrogens (tertiary/aromatic N) is 2. The Bertz CT molecular complexity index is 106. The molecule has 0 saturated heterocycles. The van der Waals surface area contributed by atoms with Gasteiger partial charge in [-0.2, -0.15) is 0 Å². The molecular weight excluding hydrogens is 120 g/mol. The van der Waals surface area contributed by atoms with Gasteiger partial charge in [0, 0.05) is 6.21 Å². The molecule has 0 N–H and O–H groups in total. The molecule has 0 aromatic heterocycles. The van der Waals surface area contributed by atoms with Crippen molar-refractivity contribution in [3.8, 4) is 0 Å². The Balaban J connectivity index is 2.45. The largest absolute Gasteiger partial charge is 0.277 e. The molecule has 1 heterocycles. The molecule has 1 aliphatic rings. The summed E-state index contributed by atoms with van der Waals surface area (Å²) in [7, 11) is 2.01. The smallest absolute Gasteiger partial charge is 0.100 e. The first-order valence-electron chi connectivity index (χ1n) is 2.42. The first kappa shape index (κ1) is 5.85. The molecule has 1 rings (SSSR count). The number of allylic oxidation sites excluding steroid dienone is 1. The Morgan fingerprint density at radius 2 is 2.62 bits per heavy atom. The van der Waals surface area contributed by atoms with Crippen LogP contribution in [-0.2, 0) is 0 Å². The van der Waals surface area contributed by atoms with Gasteiger partial charge < -0.3 is 0 Å². The minimum absolute atomic E-state index is 0.789. The summed E-state index contributed by atoms with van der Waals surface area (Å²) in [5.74, 6) is 0. The molecule has 0 fully saturated rings. The molecule has 0 aromatic carbocycles. The van der Waals surface area contributed by atoms with E-state index in [1.54, 1.807) is 11.9 Å². The molecule has 1 aliphatic heterocycles. The van der Waals surface area contributed by atoms with Crippen molar-refractivity contribution in [3.05, 3.63) is 11.5 Å². The number of aliphatic imine (C=N–C) groups is 1. The van der Waals surface area contributed by atoms with Crippen LogP contribution in [-0.4, -0.2) is 24.2 Å². The third kappa shape index (κ3) is 1.68. The molecule has 0 aromatic rings. The minimum Gasteiger partial charge on any atom is -0.277 e. The van der Waals surface area contributed by atoms with E-state index < -0.39 is 0 Å². The van der Waals surface area contributed by atoms with Gasteiger partial charge >= 0.3 is 0 Å². The highest BCUT2D eigenvalue weighted by molar-refractivity contribution is 7.99. The summed E-state index contributed by atoms with van der Waals surface area (Å²) in [6, 6.07) is 0. The molecule has 8 heavy (non-hydrogen) atoms. The Labute approximate surface area is 53.4 Å². The molecule has 0 bridgehead atoms. The maximum Gasteiger partial charge on any atom is 0.100 e. The lowest BCUT2D eigenvalue weighted by atomic mass is 10.7. The predicted octanol–water partition coefficient (Wildman–Crippen LogP) is 1.12. The van der Waals surface area contributed by atoms with Crippen molar-refractivity contribution in [1.29, 1.82) is 0 Å². The van der Waals surface area contributed by atoms with Crippen LogP contribution in [0.15, 0.2) is 16.5 Å². The lowest BCUT2D eigenvalue weighted by Gasteiger charge is -2.05. The summed E-state index contributed by atoms with van der Waals surface area (Å²) in [4.78, 5) is 4.05. The molecule has 44 valence electrons. The summed E-state index contributed by atoms with van der Waals surface area (Å²) in [6.45, 7) is 0.789. The maximum absolute atomic E-state index is 4.05. The van der Waals surface area contributed by atoms with Gasteiger partial charge in [0.1, 0.15) is 6.67 Å². The van der Waals surface area contributed by atoms with Crippen LogP contribution < -0.4 is 0 Å². The molecule has 0 aliphatic carbocycles. The van der Waals surface area contributed by atoms with E-state index >= 15 is 0 Å². The number of hydrogen-bond acceptors (Lipinski definition) is 3. The molecule has 0 unspecified atom stereocenters. The minimum atomic E-state index is 0.789. The Morgan fingerprint density at radius 3 is 3.50 bits per heavy atom. The van der Waals surface area contributed by atoms with Crippen molar-refractivity contribution < 1.29 is 0 Å². The van der Waals surface area contributed by atoms with Gasteiger partial charge in [0.2, 0.25) is 0 Å². The Morgan fingerprint density at radius 1 is 1.75 bits per heavy atom. The zero-order chi connectivity index (χ0) is 5.82. The fourth-order valence-electron chi connectivity index (χ4n) is 0.430. The average Bonchev–Trinajstić information content (AvgIpc) is 1.94. The van der Waals surface area contributed by atoms with Crippen LogP contribution in [0.1, 0.15) is 0 Å². The molecule has 0 spiro atoms. The zero-order valence-corrected chi connectivity index (χ0v) is 5.56. The second-order valence-electron chi connectivity index (χ2n) is 1.53. The third-order valence-corrected chi connectivity index (χ3v) is 1.55. The fourth-order valence-corrected chi connectivity index (χ4v) is 0.912. The predicted molar refractivity (Wildman–Crippen MR) is 37.9 cm³/mol. The van der Waals surface area contributed by atoms with Gasteiger partial charge in [-0.25, -0.2) is 4.31 Å². The van der Waals surface area contributed by atoms with Crippen LogP contribution in [0, 0.1) is 0 Å². The van der Waals surface area contributed by atoms with E-state index in [-0.39, 0.29) is 0 Å². The second-order valence-corrected chi connectivity index (χ2v) is 2.64. The number of rotatable bonds is 0. The van der Waals surface area contributed by atoms with Gasteiger partial charge in [-0.15, -0.1) is 0 Å². The van der Waals surface area contributed by atoms with Gasteiger partial charge in [-0.3, -0.25) is 4.99 Å². The first-order valence-corrected chi connectivity index (χ1v) is 3.26. The van der Waals surface area contributed by atoms with E-state index in [9.17, 15) is 0 Å². The van der Waals surface area contributed by atoms with Gasteiger partial charge in [0.25, 0.3) is 0 Å². The lowest BCUT2D eigenvalue weighted by molar-refractivity contribution is 0.593. The van der Waals surface area contributed by atoms with E-state index in [4.69, 9.17) is 0 Å². The topological polar surface area (TPSA) is 15.6 Å². The van der Waals surface area contributed by atoms with Gasteiger partial charge in [0.05, 0.1) is 0 Å². The van der Waals surface area contributed by atoms with Crippen molar-refractivity contribution in [2.45, 2.75) is 0 Å². The van der Waals surface area contributed by atoms with Crippen molar-refractivity contribution in [3.63, 3.8) is 0 Å². The molecule has 0 saturated carbocycles. The van der Waals surface area contributed by atoms with Crippen LogP contribution in [0.2, 0.25) is 0 Å². The quantitative estimate of drug-likeness (QED) is 0.454. The summed E-state index contributed by atoms with van der Waals surface area (Å²) in [6.07, 6.45) is 3.75. The summed E-state index contributed by atoms with van der Waals surface area (Å²) < 4.78 is 2.06. The average molecular weight is 128 g/mol. The van der Waals surface area contributed by atoms with Crippen LogP contribution in [0.25, 0.3) is 0 Å². The fraction of sp³-hybridized carbons (Fsp3) is 0.400. The van der Waals surface area contributed by atoms with Crippen molar-refractivity contribution in [2.24, 2.45) is 4.99 Å². The summed E-state index contributed by atoms with van der Waals surface area (Å²) in [5, 5.41) is 2.01. The maximum atomic E-state index is 4.05. The Kier molecular flexibility index (Phi) is 2.11. The van der Waals surface area contributed by atoms with Crippen molar-refractivity contribution in [1.82, 2.24) is 4.31 Å². The van der Waals surface area contributed by atoms with Crippen LogP contribution >= 0.6 is 11.9 Å². The van der Waals surface area contributed by atoms with E-state index in [0.29, 0.717) is 0 Å². The zero-order valence-electron chi connectivity index (χ0n) is 4.74. The monoisotopic (exact) mass is 128 g/mol. The molecule has 0 atom stereocenters. The molecular formula is C5H8N2S. The standard InChI is InChI=1S/C5H8N2S/c1-7-5-6-3-2-4-8-7/h2-4H,5H2,1H3. The van der Waals surface area contributed by atoms with E-state index in [2.05, 4.69) is 9.30 Å². The van der Waals surface area contributed by atoms with Crippen molar-refractivity contribution >= 4 is 18.2 Å². The van der Waals surface area contributed by atoms with Crippen LogP contribution in [0.4, 0.5) is 0 Å². The highest BCUT2D eigenvalue weighted by atomic mass is 32.2. The normalized spacial score (nSPS) is 21.1. The van der Waals surface area contributed by atoms with E-state index in [1.165, 1.54) is 0 Å². The molecule has 2 nitrogen and oxygen atoms in total. The van der Waals surface area contributed by atoms with Crippen LogP contribution in [0.3, 0.4) is 0 Å². The third-order valence-electron chi connectivity index (χ3n) is 0.792. The van der Waals surface area contributed by atoms with E-state index in [1.807, 2.05) is 24.7 Å². The highest BCUT2D eigenvalue weighted by Crippen LogP contribution is 2.08. The second kappa shape index (κ2) is 2.89.